The third-order valence-electron chi connectivity index (χ3n) is 3.41. The van der Waals surface area contributed by atoms with E-state index in [2.05, 4.69) is 6.92 Å². The predicted molar refractivity (Wildman–Crippen MR) is 75.2 cm³/mol. The first-order valence-electron chi connectivity index (χ1n) is 6.10. The molecule has 5 heteroatoms. The lowest BCUT2D eigenvalue weighted by Crippen LogP contribution is -2.35. The van der Waals surface area contributed by atoms with Gasteiger partial charge in [-0.05, 0) is 31.4 Å². The maximum atomic E-state index is 12.4. The van der Waals surface area contributed by atoms with Crippen LogP contribution in [0.4, 0.5) is 5.69 Å². The summed E-state index contributed by atoms with van der Waals surface area (Å²) in [6.07, 6.45) is 3.10. The molecule has 1 aliphatic heterocycles. The number of carbonyl (C=O) groups excluding carboxylic acids is 1. The molecule has 2 rings (SSSR count). The van der Waals surface area contributed by atoms with E-state index in [1.165, 1.54) is 0 Å². The fourth-order valence-electron chi connectivity index (χ4n) is 2.43. The van der Waals surface area contributed by atoms with Crippen molar-refractivity contribution in [3.63, 3.8) is 0 Å². The highest BCUT2D eigenvalue weighted by Gasteiger charge is 2.28. The van der Waals surface area contributed by atoms with Gasteiger partial charge in [0.1, 0.15) is 0 Å². The van der Waals surface area contributed by atoms with Crippen LogP contribution < -0.4 is 5.73 Å². The Balaban J connectivity index is 2.29. The molecule has 0 spiro atoms. The van der Waals surface area contributed by atoms with Crippen LogP contribution in [0.1, 0.15) is 36.5 Å². The van der Waals surface area contributed by atoms with Crippen molar-refractivity contribution in [1.29, 1.82) is 0 Å². The van der Waals surface area contributed by atoms with Crippen LogP contribution in [0, 0.1) is 0 Å². The van der Waals surface area contributed by atoms with Crippen LogP contribution in [0.3, 0.4) is 0 Å². The summed E-state index contributed by atoms with van der Waals surface area (Å²) in [7, 11) is 0. The molecule has 1 amide bonds. The van der Waals surface area contributed by atoms with Crippen molar-refractivity contribution in [2.45, 2.75) is 32.2 Å². The number of anilines is 1. The number of hydrogen-bond acceptors (Lipinski definition) is 2. The molecule has 18 heavy (non-hydrogen) atoms. The first kappa shape index (κ1) is 13.5. The van der Waals surface area contributed by atoms with E-state index in [9.17, 15) is 4.79 Å². The Morgan fingerprint density at radius 2 is 2.22 bits per heavy atom. The molecule has 0 aliphatic carbocycles. The molecular weight excluding hydrogens is 271 g/mol. The number of hydrogen-bond donors (Lipinski definition) is 1. The van der Waals surface area contributed by atoms with Gasteiger partial charge in [-0.1, -0.05) is 30.1 Å². The number of carbonyl (C=O) groups is 1. The van der Waals surface area contributed by atoms with Crippen LogP contribution in [-0.2, 0) is 0 Å². The highest BCUT2D eigenvalue weighted by atomic mass is 35.5. The van der Waals surface area contributed by atoms with Gasteiger partial charge in [0, 0.05) is 18.2 Å². The van der Waals surface area contributed by atoms with Crippen LogP contribution in [-0.4, -0.2) is 23.4 Å². The topological polar surface area (TPSA) is 46.3 Å². The molecule has 98 valence electrons. The maximum absolute atomic E-state index is 12.4. The van der Waals surface area contributed by atoms with Crippen LogP contribution in [0.2, 0.25) is 10.0 Å². The average Bonchev–Trinajstić information content (AvgIpc) is 2.82. The normalized spacial score (nSPS) is 19.3. The van der Waals surface area contributed by atoms with Crippen LogP contribution in [0.5, 0.6) is 0 Å². The van der Waals surface area contributed by atoms with E-state index in [0.29, 0.717) is 27.3 Å². The van der Waals surface area contributed by atoms with E-state index in [1.807, 2.05) is 4.90 Å². The molecule has 1 aromatic rings. The molecule has 1 unspecified atom stereocenters. The summed E-state index contributed by atoms with van der Waals surface area (Å²) in [5.74, 6) is -0.00961. The van der Waals surface area contributed by atoms with Crippen molar-refractivity contribution in [2.75, 3.05) is 12.3 Å². The van der Waals surface area contributed by atoms with Crippen LogP contribution in [0.15, 0.2) is 12.1 Å². The fraction of sp³-hybridized carbons (Fsp3) is 0.462. The Morgan fingerprint density at radius 1 is 1.50 bits per heavy atom. The number of rotatable bonds is 2. The second-order valence-electron chi connectivity index (χ2n) is 4.56. The molecule has 1 aliphatic rings. The molecule has 0 aromatic heterocycles. The van der Waals surface area contributed by atoms with E-state index in [4.69, 9.17) is 28.9 Å². The Labute approximate surface area is 117 Å². The van der Waals surface area contributed by atoms with Gasteiger partial charge < -0.3 is 10.6 Å². The fourth-order valence-corrected chi connectivity index (χ4v) is 2.76. The predicted octanol–water partition coefficient (Wildman–Crippen LogP) is 3.59. The molecule has 0 radical (unpaired) electrons. The van der Waals surface area contributed by atoms with Crippen molar-refractivity contribution < 1.29 is 4.79 Å². The summed E-state index contributed by atoms with van der Waals surface area (Å²) in [5, 5.41) is 0.633. The minimum Gasteiger partial charge on any atom is -0.397 e. The summed E-state index contributed by atoms with van der Waals surface area (Å²) in [5.41, 5.74) is 6.60. The van der Waals surface area contributed by atoms with Crippen LogP contribution in [0.25, 0.3) is 0 Å². The third-order valence-corrected chi connectivity index (χ3v) is 4.23. The Bertz CT molecular complexity index is 453. The standard InChI is InChI=1S/C13H16Cl2N2O/c1-2-9-4-3-5-17(9)13(18)8-6-10(14)12(15)11(16)7-8/h6-7,9H,2-5,16H2,1H3. The van der Waals surface area contributed by atoms with E-state index < -0.39 is 0 Å². The van der Waals surface area contributed by atoms with Gasteiger partial charge in [-0.3, -0.25) is 4.79 Å². The highest BCUT2D eigenvalue weighted by molar-refractivity contribution is 6.43. The largest absolute Gasteiger partial charge is 0.397 e. The van der Waals surface area contributed by atoms with Gasteiger partial charge in [-0.15, -0.1) is 0 Å². The monoisotopic (exact) mass is 286 g/mol. The van der Waals surface area contributed by atoms with Gasteiger partial charge in [-0.25, -0.2) is 0 Å². The van der Waals surface area contributed by atoms with Crippen molar-refractivity contribution in [1.82, 2.24) is 4.90 Å². The molecular formula is C13H16Cl2N2O. The second kappa shape index (κ2) is 5.37. The Morgan fingerprint density at radius 3 is 2.83 bits per heavy atom. The van der Waals surface area contributed by atoms with Crippen molar-refractivity contribution in [2.24, 2.45) is 0 Å². The van der Waals surface area contributed by atoms with Gasteiger partial charge in [0.05, 0.1) is 15.7 Å². The zero-order valence-electron chi connectivity index (χ0n) is 10.2. The van der Waals surface area contributed by atoms with Crippen molar-refractivity contribution in [3.8, 4) is 0 Å². The number of halogens is 2. The zero-order valence-corrected chi connectivity index (χ0v) is 11.8. The summed E-state index contributed by atoms with van der Waals surface area (Å²) in [6.45, 7) is 2.90. The quantitative estimate of drug-likeness (QED) is 0.845. The molecule has 1 saturated heterocycles. The zero-order chi connectivity index (χ0) is 13.3. The number of nitrogen functional groups attached to an aromatic ring is 1. The summed E-state index contributed by atoms with van der Waals surface area (Å²) in [4.78, 5) is 14.3. The lowest BCUT2D eigenvalue weighted by atomic mass is 10.1. The van der Waals surface area contributed by atoms with Gasteiger partial charge in [-0.2, -0.15) is 0 Å². The summed E-state index contributed by atoms with van der Waals surface area (Å²) in [6, 6.07) is 3.52. The second-order valence-corrected chi connectivity index (χ2v) is 5.35. The van der Waals surface area contributed by atoms with Gasteiger partial charge in [0.2, 0.25) is 0 Å². The molecule has 1 atom stereocenters. The number of nitrogens with two attached hydrogens (primary N) is 1. The van der Waals surface area contributed by atoms with E-state index in [1.54, 1.807) is 12.1 Å². The SMILES string of the molecule is CCC1CCCN1C(=O)c1cc(N)c(Cl)c(Cl)c1. The molecule has 3 nitrogen and oxygen atoms in total. The molecule has 1 aromatic carbocycles. The molecule has 0 saturated carbocycles. The van der Waals surface area contributed by atoms with Crippen molar-refractivity contribution >= 4 is 34.8 Å². The summed E-state index contributed by atoms with van der Waals surface area (Å²) < 4.78 is 0. The number of nitrogens with zero attached hydrogens (tertiary/aromatic N) is 1. The minimum absolute atomic E-state index is 0.00961. The highest BCUT2D eigenvalue weighted by Crippen LogP contribution is 2.31. The van der Waals surface area contributed by atoms with Crippen molar-refractivity contribution in [3.05, 3.63) is 27.7 Å². The number of amides is 1. The smallest absolute Gasteiger partial charge is 0.254 e. The maximum Gasteiger partial charge on any atom is 0.254 e. The molecule has 1 fully saturated rings. The van der Waals surface area contributed by atoms with Gasteiger partial charge in [0.25, 0.3) is 5.91 Å². The Kier molecular flexibility index (Phi) is 4.03. The Hall–Kier alpha value is -0.930. The first-order valence-corrected chi connectivity index (χ1v) is 6.85. The van der Waals surface area contributed by atoms with E-state index in [-0.39, 0.29) is 5.91 Å². The lowest BCUT2D eigenvalue weighted by Gasteiger charge is -2.24. The van der Waals surface area contributed by atoms with Crippen LogP contribution >= 0.6 is 23.2 Å². The van der Waals surface area contributed by atoms with Gasteiger partial charge in [0.15, 0.2) is 0 Å². The molecule has 0 bridgehead atoms. The lowest BCUT2D eigenvalue weighted by molar-refractivity contribution is 0.0734. The summed E-state index contributed by atoms with van der Waals surface area (Å²) >= 11 is 11.8. The minimum atomic E-state index is -0.00961. The molecule has 1 heterocycles. The van der Waals surface area contributed by atoms with Gasteiger partial charge >= 0.3 is 0 Å². The average molecular weight is 287 g/mol. The molecule has 2 N–H and O–H groups in total. The third kappa shape index (κ3) is 2.43. The first-order chi connectivity index (χ1) is 8.54. The van der Waals surface area contributed by atoms with E-state index >= 15 is 0 Å². The number of likely N-dealkylation sites (tertiary alicyclic amines) is 1. The van der Waals surface area contributed by atoms with E-state index in [0.717, 1.165) is 25.8 Å². The number of benzene rings is 1.